The lowest BCUT2D eigenvalue weighted by atomic mass is 9.86. The first-order valence-electron chi connectivity index (χ1n) is 12.9. The van der Waals surface area contributed by atoms with Gasteiger partial charge in [0.05, 0.1) is 16.5 Å². The van der Waals surface area contributed by atoms with E-state index >= 15 is 0 Å². The number of rotatable bonds is 8. The number of hydrogen-bond acceptors (Lipinski definition) is 4. The molecule has 2 aromatic carbocycles. The van der Waals surface area contributed by atoms with E-state index in [9.17, 15) is 26.4 Å². The topological polar surface area (TPSA) is 78.5 Å². The van der Waals surface area contributed by atoms with E-state index in [2.05, 4.69) is 49.1 Å². The van der Waals surface area contributed by atoms with Crippen LogP contribution >= 0.6 is 15.9 Å². The van der Waals surface area contributed by atoms with Gasteiger partial charge in [0.1, 0.15) is 0 Å². The average Bonchev–Trinajstić information content (AvgIpc) is 2.83. The Labute approximate surface area is 230 Å². The number of nitrogens with one attached hydrogen (secondary N) is 2. The fourth-order valence-electron chi connectivity index (χ4n) is 5.29. The van der Waals surface area contributed by atoms with Crippen molar-refractivity contribution in [1.82, 2.24) is 14.9 Å². The van der Waals surface area contributed by atoms with E-state index < -0.39 is 32.7 Å². The highest BCUT2D eigenvalue weighted by molar-refractivity contribution is 9.10. The maximum atomic E-state index is 13.2. The number of carbonyl (C=O) groups excluding carboxylic acids is 1. The highest BCUT2D eigenvalue weighted by Gasteiger charge is 2.34. The van der Waals surface area contributed by atoms with Crippen molar-refractivity contribution >= 4 is 31.9 Å². The minimum atomic E-state index is -4.71. The highest BCUT2D eigenvalue weighted by Crippen LogP contribution is 2.36. The molecule has 0 unspecified atom stereocenters. The van der Waals surface area contributed by atoms with Crippen molar-refractivity contribution in [2.45, 2.75) is 81.6 Å². The maximum absolute atomic E-state index is 13.2. The SMILES string of the molecule is C[C@@H](CC(=O)N[C@@H]1CCCc2cc(CN3CCCCC3)ccc21)NS(=O)(=O)c1ccc(Br)c(C(F)(F)F)c1. The average molecular weight is 617 g/mol. The molecule has 0 spiro atoms. The van der Waals surface area contributed by atoms with E-state index in [4.69, 9.17) is 0 Å². The smallest absolute Gasteiger partial charge is 0.349 e. The molecule has 1 saturated heterocycles. The van der Waals surface area contributed by atoms with E-state index in [1.54, 1.807) is 0 Å². The lowest BCUT2D eigenvalue weighted by Crippen LogP contribution is -2.39. The Kier molecular flexibility index (Phi) is 9.22. The van der Waals surface area contributed by atoms with Gasteiger partial charge in [0, 0.05) is 23.5 Å². The van der Waals surface area contributed by atoms with E-state index in [1.165, 1.54) is 37.3 Å². The fraction of sp³-hybridized carbons (Fsp3) is 0.519. The van der Waals surface area contributed by atoms with Crippen LogP contribution in [0.25, 0.3) is 0 Å². The lowest BCUT2D eigenvalue weighted by molar-refractivity contribution is -0.138. The Hall–Kier alpha value is -1.95. The molecule has 11 heteroatoms. The summed E-state index contributed by atoms with van der Waals surface area (Å²) in [5.74, 6) is -0.317. The van der Waals surface area contributed by atoms with Crippen molar-refractivity contribution < 1.29 is 26.4 Å². The van der Waals surface area contributed by atoms with Gasteiger partial charge < -0.3 is 5.32 Å². The second-order valence-corrected chi connectivity index (χ2v) is 12.8. The molecule has 0 saturated carbocycles. The Morgan fingerprint density at radius 2 is 1.84 bits per heavy atom. The summed E-state index contributed by atoms with van der Waals surface area (Å²) >= 11 is 2.81. The van der Waals surface area contributed by atoms with Gasteiger partial charge in [0.2, 0.25) is 15.9 Å². The van der Waals surface area contributed by atoms with Crippen molar-refractivity contribution in [3.8, 4) is 0 Å². The summed E-state index contributed by atoms with van der Waals surface area (Å²) in [6.45, 7) is 4.71. The molecule has 1 fully saturated rings. The van der Waals surface area contributed by atoms with Crippen LogP contribution in [0.3, 0.4) is 0 Å². The van der Waals surface area contributed by atoms with Gasteiger partial charge >= 0.3 is 6.18 Å². The Bertz CT molecular complexity index is 1260. The number of carbonyl (C=O) groups is 1. The van der Waals surface area contributed by atoms with Gasteiger partial charge in [0.15, 0.2) is 0 Å². The maximum Gasteiger partial charge on any atom is 0.417 e. The molecule has 4 rings (SSSR count). The number of alkyl halides is 3. The van der Waals surface area contributed by atoms with Crippen molar-refractivity contribution in [1.29, 1.82) is 0 Å². The standard InChI is InChI=1S/C27H33BrF3N3O3S/c1-18(33-38(36,37)21-9-11-24(28)23(16-21)27(29,30)31)14-26(35)32-25-7-5-6-20-15-19(8-10-22(20)25)17-34-12-3-2-4-13-34/h8-11,15-16,18,25,33H,2-7,12-14,17H2,1H3,(H,32,35)/t18-,25+/m0/s1. The molecule has 2 aromatic rings. The molecular weight excluding hydrogens is 583 g/mol. The van der Waals surface area contributed by atoms with Crippen LogP contribution in [0.4, 0.5) is 13.2 Å². The summed E-state index contributed by atoms with van der Waals surface area (Å²) in [6, 6.07) is 8.22. The molecule has 38 heavy (non-hydrogen) atoms. The quantitative estimate of drug-likeness (QED) is 0.399. The first kappa shape index (κ1) is 29.0. The van der Waals surface area contributed by atoms with Gasteiger partial charge in [-0.15, -0.1) is 0 Å². The van der Waals surface area contributed by atoms with Crippen LogP contribution in [0.2, 0.25) is 0 Å². The molecule has 1 heterocycles. The predicted octanol–water partition coefficient (Wildman–Crippen LogP) is 5.70. The van der Waals surface area contributed by atoms with Crippen LogP contribution in [0.5, 0.6) is 0 Å². The zero-order valence-electron chi connectivity index (χ0n) is 21.3. The van der Waals surface area contributed by atoms with Crippen LogP contribution in [-0.2, 0) is 34.0 Å². The van der Waals surface area contributed by atoms with Crippen molar-refractivity contribution in [3.05, 3.63) is 63.1 Å². The number of sulfonamides is 1. The third kappa shape index (κ3) is 7.37. The number of piperidine rings is 1. The molecule has 0 bridgehead atoms. The zero-order chi connectivity index (χ0) is 27.5. The minimum absolute atomic E-state index is 0.138. The summed E-state index contributed by atoms with van der Waals surface area (Å²) in [5.41, 5.74) is 2.53. The molecule has 2 aliphatic rings. The summed E-state index contributed by atoms with van der Waals surface area (Å²) in [4.78, 5) is 14.8. The summed E-state index contributed by atoms with van der Waals surface area (Å²) in [6.07, 6.45) is 1.63. The van der Waals surface area contributed by atoms with Crippen LogP contribution in [-0.4, -0.2) is 38.4 Å². The monoisotopic (exact) mass is 615 g/mol. The first-order chi connectivity index (χ1) is 17.9. The molecule has 0 radical (unpaired) electrons. The number of amides is 1. The zero-order valence-corrected chi connectivity index (χ0v) is 23.7. The Morgan fingerprint density at radius 3 is 2.55 bits per heavy atom. The van der Waals surface area contributed by atoms with E-state index in [0.717, 1.165) is 56.6 Å². The van der Waals surface area contributed by atoms with Gasteiger partial charge in [-0.2, -0.15) is 13.2 Å². The van der Waals surface area contributed by atoms with Crippen LogP contribution in [0.15, 0.2) is 45.8 Å². The van der Waals surface area contributed by atoms with Crippen molar-refractivity contribution in [2.75, 3.05) is 13.1 Å². The molecular formula is C27H33BrF3N3O3S. The lowest BCUT2D eigenvalue weighted by Gasteiger charge is -2.29. The summed E-state index contributed by atoms with van der Waals surface area (Å²) in [5, 5.41) is 3.03. The van der Waals surface area contributed by atoms with E-state index in [1.807, 2.05) is 0 Å². The number of likely N-dealkylation sites (tertiary alicyclic amines) is 1. The molecule has 0 aromatic heterocycles. The summed E-state index contributed by atoms with van der Waals surface area (Å²) in [7, 11) is -4.26. The largest absolute Gasteiger partial charge is 0.417 e. The van der Waals surface area contributed by atoms with Crippen LogP contribution in [0, 0.1) is 0 Å². The summed E-state index contributed by atoms with van der Waals surface area (Å²) < 4.78 is 67.1. The first-order valence-corrected chi connectivity index (χ1v) is 15.2. The number of benzene rings is 2. The number of nitrogens with zero attached hydrogens (tertiary/aromatic N) is 1. The minimum Gasteiger partial charge on any atom is -0.349 e. The highest BCUT2D eigenvalue weighted by atomic mass is 79.9. The Balaban J connectivity index is 1.36. The Morgan fingerprint density at radius 1 is 1.11 bits per heavy atom. The predicted molar refractivity (Wildman–Crippen MR) is 143 cm³/mol. The second kappa shape index (κ2) is 12.1. The van der Waals surface area contributed by atoms with Gasteiger partial charge in [-0.1, -0.05) is 40.5 Å². The molecule has 2 N–H and O–H groups in total. The van der Waals surface area contributed by atoms with Gasteiger partial charge in [-0.25, -0.2) is 13.1 Å². The molecule has 2 atom stereocenters. The molecule has 1 aliphatic carbocycles. The van der Waals surface area contributed by atoms with Gasteiger partial charge in [-0.3, -0.25) is 9.69 Å². The molecule has 1 amide bonds. The third-order valence-electron chi connectivity index (χ3n) is 7.11. The molecule has 208 valence electrons. The molecule has 6 nitrogen and oxygen atoms in total. The normalized spacial score (nSPS) is 19.6. The molecule has 1 aliphatic heterocycles. The second-order valence-electron chi connectivity index (χ2n) is 10.2. The van der Waals surface area contributed by atoms with E-state index in [0.29, 0.717) is 6.07 Å². The van der Waals surface area contributed by atoms with Gasteiger partial charge in [0.25, 0.3) is 0 Å². The number of hydrogen-bond donors (Lipinski definition) is 2. The van der Waals surface area contributed by atoms with Crippen molar-refractivity contribution in [3.63, 3.8) is 0 Å². The van der Waals surface area contributed by atoms with E-state index in [-0.39, 0.29) is 22.8 Å². The van der Waals surface area contributed by atoms with Crippen LogP contribution in [0.1, 0.15) is 73.7 Å². The number of aryl methyl sites for hydroxylation is 1. The van der Waals surface area contributed by atoms with Crippen LogP contribution < -0.4 is 10.0 Å². The number of fused-ring (bicyclic) bond motifs is 1. The van der Waals surface area contributed by atoms with Crippen molar-refractivity contribution in [2.24, 2.45) is 0 Å². The fourth-order valence-corrected chi connectivity index (χ4v) is 7.03. The number of halogens is 4. The van der Waals surface area contributed by atoms with Gasteiger partial charge in [-0.05, 0) is 87.0 Å². The third-order valence-corrected chi connectivity index (χ3v) is 9.39.